The quantitative estimate of drug-likeness (QED) is 0.598. The van der Waals surface area contributed by atoms with Crippen molar-refractivity contribution in [1.82, 2.24) is 5.32 Å². The number of hydrogen-bond acceptors (Lipinski definition) is 3. The van der Waals surface area contributed by atoms with Crippen molar-refractivity contribution in [3.05, 3.63) is 0 Å². The van der Waals surface area contributed by atoms with Crippen LogP contribution in [0.4, 0.5) is 4.79 Å². The number of ether oxygens (including phenoxy) is 1. The van der Waals surface area contributed by atoms with Gasteiger partial charge in [-0.2, -0.15) is 0 Å². The van der Waals surface area contributed by atoms with Crippen LogP contribution in [0.5, 0.6) is 0 Å². The Kier molecular flexibility index (Phi) is 2.70. The molecule has 4 nitrogen and oxygen atoms in total. The van der Waals surface area contributed by atoms with E-state index < -0.39 is 0 Å². The molecule has 1 fully saturated rings. The van der Waals surface area contributed by atoms with Gasteiger partial charge in [0.1, 0.15) is 0 Å². The third-order valence-electron chi connectivity index (χ3n) is 1.99. The maximum atomic E-state index is 10.6. The molecule has 1 saturated carbocycles. The van der Waals surface area contributed by atoms with Crippen molar-refractivity contribution in [1.29, 1.82) is 0 Å². The van der Waals surface area contributed by atoms with Gasteiger partial charge in [0.25, 0.3) is 0 Å². The first kappa shape index (κ1) is 8.33. The van der Waals surface area contributed by atoms with Crippen LogP contribution in [-0.4, -0.2) is 25.8 Å². The van der Waals surface area contributed by atoms with E-state index in [2.05, 4.69) is 10.1 Å². The Balaban J connectivity index is 2.00. The molecule has 4 heteroatoms. The molecule has 0 saturated heterocycles. The van der Waals surface area contributed by atoms with Crippen molar-refractivity contribution in [2.75, 3.05) is 13.7 Å². The second-order valence-corrected chi connectivity index (χ2v) is 2.97. The highest BCUT2D eigenvalue weighted by Gasteiger charge is 2.25. The molecular formula is C7H14N2O2. The molecule has 11 heavy (non-hydrogen) atoms. The predicted octanol–water partition coefficient (Wildman–Crippen LogP) is 0.0797. The Bertz CT molecular complexity index is 143. The summed E-state index contributed by atoms with van der Waals surface area (Å²) >= 11 is 0. The number of carbonyl (C=O) groups excluding carboxylic acids is 1. The van der Waals surface area contributed by atoms with E-state index in [0.717, 1.165) is 12.8 Å². The molecule has 0 aromatic carbocycles. The Morgan fingerprint density at radius 2 is 2.36 bits per heavy atom. The topological polar surface area (TPSA) is 64.3 Å². The highest BCUT2D eigenvalue weighted by Crippen LogP contribution is 2.24. The van der Waals surface area contributed by atoms with Gasteiger partial charge in [-0.05, 0) is 18.8 Å². The number of alkyl carbamates (subject to hydrolysis) is 1. The Morgan fingerprint density at radius 3 is 2.82 bits per heavy atom. The van der Waals surface area contributed by atoms with Crippen molar-refractivity contribution in [2.24, 2.45) is 11.7 Å². The van der Waals surface area contributed by atoms with E-state index in [4.69, 9.17) is 5.73 Å². The van der Waals surface area contributed by atoms with Crippen LogP contribution in [0.1, 0.15) is 12.8 Å². The summed E-state index contributed by atoms with van der Waals surface area (Å²) in [5.41, 5.74) is 5.56. The Labute approximate surface area is 66.1 Å². The van der Waals surface area contributed by atoms with Crippen LogP contribution in [0.2, 0.25) is 0 Å². The van der Waals surface area contributed by atoms with E-state index in [0.29, 0.717) is 18.5 Å². The summed E-state index contributed by atoms with van der Waals surface area (Å²) in [5.74, 6) is 0.559. The highest BCUT2D eigenvalue weighted by molar-refractivity contribution is 5.66. The molecule has 0 radical (unpaired) electrons. The number of hydrogen-bond donors (Lipinski definition) is 2. The van der Waals surface area contributed by atoms with E-state index in [-0.39, 0.29) is 6.09 Å². The normalized spacial score (nSPS) is 28.9. The van der Waals surface area contributed by atoms with Crippen molar-refractivity contribution in [2.45, 2.75) is 18.9 Å². The van der Waals surface area contributed by atoms with E-state index in [1.807, 2.05) is 0 Å². The monoisotopic (exact) mass is 158 g/mol. The molecule has 0 aliphatic heterocycles. The second-order valence-electron chi connectivity index (χ2n) is 2.97. The molecule has 0 heterocycles. The summed E-state index contributed by atoms with van der Waals surface area (Å²) in [6.07, 6.45) is 1.68. The molecule has 64 valence electrons. The molecule has 0 atom stereocenters. The maximum Gasteiger partial charge on any atom is 0.406 e. The van der Waals surface area contributed by atoms with Crippen molar-refractivity contribution in [3.63, 3.8) is 0 Å². The lowest BCUT2D eigenvalue weighted by atomic mass is 9.81. The summed E-state index contributed by atoms with van der Waals surface area (Å²) in [5, 5.41) is 2.64. The Morgan fingerprint density at radius 1 is 1.73 bits per heavy atom. The third kappa shape index (κ3) is 2.38. The van der Waals surface area contributed by atoms with Gasteiger partial charge < -0.3 is 15.8 Å². The van der Waals surface area contributed by atoms with E-state index in [9.17, 15) is 4.79 Å². The van der Waals surface area contributed by atoms with Crippen molar-refractivity contribution in [3.8, 4) is 0 Å². The largest absolute Gasteiger partial charge is 0.453 e. The van der Waals surface area contributed by atoms with Crippen LogP contribution in [0, 0.1) is 5.92 Å². The molecule has 1 amide bonds. The van der Waals surface area contributed by atoms with Crippen LogP contribution in [0.15, 0.2) is 0 Å². The summed E-state index contributed by atoms with van der Waals surface area (Å²) < 4.78 is 4.41. The van der Waals surface area contributed by atoms with Gasteiger partial charge >= 0.3 is 6.09 Å². The lowest BCUT2D eigenvalue weighted by Crippen LogP contribution is -2.42. The minimum atomic E-state index is -0.356. The first-order chi connectivity index (χ1) is 5.22. The van der Waals surface area contributed by atoms with Gasteiger partial charge in [-0.3, -0.25) is 0 Å². The fourth-order valence-corrected chi connectivity index (χ4v) is 1.25. The summed E-state index contributed by atoms with van der Waals surface area (Å²) in [7, 11) is 1.36. The molecule has 0 unspecified atom stereocenters. The first-order valence-electron chi connectivity index (χ1n) is 3.79. The zero-order valence-electron chi connectivity index (χ0n) is 6.67. The third-order valence-corrected chi connectivity index (χ3v) is 1.99. The minimum Gasteiger partial charge on any atom is -0.453 e. The van der Waals surface area contributed by atoms with Crippen LogP contribution < -0.4 is 11.1 Å². The molecule has 0 spiro atoms. The Hall–Kier alpha value is -0.770. The SMILES string of the molecule is COC(=O)NCC1CC(N)C1. The van der Waals surface area contributed by atoms with E-state index >= 15 is 0 Å². The standard InChI is InChI=1S/C7H14N2O2/c1-11-7(10)9-4-5-2-6(8)3-5/h5-6H,2-4,8H2,1H3,(H,9,10). The average molecular weight is 158 g/mol. The summed E-state index contributed by atoms with van der Waals surface area (Å²) in [4.78, 5) is 10.6. The average Bonchev–Trinajstić information content (AvgIpc) is 1.95. The zero-order chi connectivity index (χ0) is 8.27. The number of rotatable bonds is 2. The number of carbonyl (C=O) groups is 1. The zero-order valence-corrected chi connectivity index (χ0v) is 6.67. The van der Waals surface area contributed by atoms with Gasteiger partial charge in [0.2, 0.25) is 0 Å². The molecule has 0 aromatic heterocycles. The van der Waals surface area contributed by atoms with Gasteiger partial charge in [-0.25, -0.2) is 4.79 Å². The number of methoxy groups -OCH3 is 1. The number of nitrogens with two attached hydrogens (primary N) is 1. The molecule has 0 aromatic rings. The maximum absolute atomic E-state index is 10.6. The second kappa shape index (κ2) is 3.57. The molecular weight excluding hydrogens is 144 g/mol. The van der Waals surface area contributed by atoms with Gasteiger partial charge in [0.05, 0.1) is 7.11 Å². The van der Waals surface area contributed by atoms with Gasteiger partial charge in [-0.15, -0.1) is 0 Å². The fraction of sp³-hybridized carbons (Fsp3) is 0.857. The van der Waals surface area contributed by atoms with Crippen LogP contribution >= 0.6 is 0 Å². The number of nitrogens with one attached hydrogen (secondary N) is 1. The van der Waals surface area contributed by atoms with Crippen LogP contribution in [0.25, 0.3) is 0 Å². The number of amides is 1. The van der Waals surface area contributed by atoms with Crippen LogP contribution in [-0.2, 0) is 4.74 Å². The first-order valence-corrected chi connectivity index (χ1v) is 3.79. The smallest absolute Gasteiger partial charge is 0.406 e. The molecule has 0 bridgehead atoms. The lowest BCUT2D eigenvalue weighted by Gasteiger charge is -2.32. The predicted molar refractivity (Wildman–Crippen MR) is 41.1 cm³/mol. The van der Waals surface area contributed by atoms with Gasteiger partial charge in [-0.1, -0.05) is 0 Å². The van der Waals surface area contributed by atoms with E-state index in [1.54, 1.807) is 0 Å². The van der Waals surface area contributed by atoms with Crippen molar-refractivity contribution < 1.29 is 9.53 Å². The molecule has 1 aliphatic carbocycles. The van der Waals surface area contributed by atoms with Gasteiger partial charge in [0.15, 0.2) is 0 Å². The fourth-order valence-electron chi connectivity index (χ4n) is 1.25. The van der Waals surface area contributed by atoms with E-state index in [1.165, 1.54) is 7.11 Å². The van der Waals surface area contributed by atoms with Crippen molar-refractivity contribution >= 4 is 6.09 Å². The van der Waals surface area contributed by atoms with Crippen LogP contribution in [0.3, 0.4) is 0 Å². The summed E-state index contributed by atoms with van der Waals surface area (Å²) in [6, 6.07) is 0.347. The lowest BCUT2D eigenvalue weighted by molar-refractivity contribution is 0.163. The minimum absolute atomic E-state index is 0.347. The molecule has 1 rings (SSSR count). The highest BCUT2D eigenvalue weighted by atomic mass is 16.5. The summed E-state index contributed by atoms with van der Waals surface area (Å²) in [6.45, 7) is 0.695. The molecule has 3 N–H and O–H groups in total. The van der Waals surface area contributed by atoms with Gasteiger partial charge in [0, 0.05) is 12.6 Å². The molecule has 1 aliphatic rings.